The zero-order chi connectivity index (χ0) is 19.2. The molecule has 1 aromatic rings. The molecule has 148 valence electrons. The number of piperidine rings is 1. The molecule has 0 spiro atoms. The fraction of sp³-hybridized carbons (Fsp3) is 0.667. The molecule has 2 amide bonds. The molecule has 1 aliphatic carbocycles. The van der Waals surface area contributed by atoms with Crippen molar-refractivity contribution in [2.75, 3.05) is 20.2 Å². The maximum atomic E-state index is 12.9. The number of likely N-dealkylation sites (tertiary alicyclic amines) is 1. The standard InChI is InChI=1S/C21H31N3O3/c1-15(25)23-20(19-5-3-4-12-22-19)16-10-13-24(14-11-16)21(26)17-6-8-18(27-2)9-7-17/h3-5,12,16-18,20H,6-11,13-14H2,1-2H3,(H,23,25). The molecule has 6 nitrogen and oxygen atoms in total. The normalized spacial score (nSPS) is 25.0. The molecule has 0 aromatic carbocycles. The molecule has 1 saturated carbocycles. The number of nitrogens with zero attached hydrogens (tertiary/aromatic N) is 2. The summed E-state index contributed by atoms with van der Waals surface area (Å²) in [6.07, 6.45) is 7.68. The zero-order valence-electron chi connectivity index (χ0n) is 16.4. The third-order valence-corrected chi connectivity index (χ3v) is 6.04. The van der Waals surface area contributed by atoms with E-state index < -0.39 is 0 Å². The van der Waals surface area contributed by atoms with Crippen LogP contribution in [0.15, 0.2) is 24.4 Å². The number of hydrogen-bond donors (Lipinski definition) is 1. The number of nitrogens with one attached hydrogen (secondary N) is 1. The number of rotatable bonds is 5. The maximum Gasteiger partial charge on any atom is 0.225 e. The van der Waals surface area contributed by atoms with Crippen molar-refractivity contribution in [1.82, 2.24) is 15.2 Å². The largest absolute Gasteiger partial charge is 0.381 e. The molecular weight excluding hydrogens is 342 g/mol. The van der Waals surface area contributed by atoms with Crippen molar-refractivity contribution >= 4 is 11.8 Å². The highest BCUT2D eigenvalue weighted by atomic mass is 16.5. The lowest BCUT2D eigenvalue weighted by molar-refractivity contribution is -0.139. The average Bonchev–Trinajstić information content (AvgIpc) is 2.72. The van der Waals surface area contributed by atoms with E-state index in [2.05, 4.69) is 10.3 Å². The molecule has 2 heterocycles. The van der Waals surface area contributed by atoms with Gasteiger partial charge in [0.05, 0.1) is 17.8 Å². The molecular formula is C21H31N3O3. The minimum absolute atomic E-state index is 0.0425. The smallest absolute Gasteiger partial charge is 0.225 e. The number of amides is 2. The van der Waals surface area contributed by atoms with Gasteiger partial charge >= 0.3 is 0 Å². The van der Waals surface area contributed by atoms with Gasteiger partial charge in [-0.05, 0) is 56.6 Å². The Bertz CT molecular complexity index is 621. The van der Waals surface area contributed by atoms with Crippen molar-refractivity contribution in [1.29, 1.82) is 0 Å². The summed E-state index contributed by atoms with van der Waals surface area (Å²) >= 11 is 0. The summed E-state index contributed by atoms with van der Waals surface area (Å²) < 4.78 is 5.41. The summed E-state index contributed by atoms with van der Waals surface area (Å²) in [7, 11) is 1.75. The van der Waals surface area contributed by atoms with Gasteiger partial charge in [0.15, 0.2) is 0 Å². The van der Waals surface area contributed by atoms with Crippen molar-refractivity contribution < 1.29 is 14.3 Å². The molecule has 1 unspecified atom stereocenters. The number of hydrogen-bond acceptors (Lipinski definition) is 4. The summed E-state index contributed by atoms with van der Waals surface area (Å²) in [5.41, 5.74) is 0.898. The fourth-order valence-electron chi connectivity index (χ4n) is 4.47. The van der Waals surface area contributed by atoms with E-state index in [-0.39, 0.29) is 17.9 Å². The lowest BCUT2D eigenvalue weighted by Crippen LogP contribution is -2.45. The van der Waals surface area contributed by atoms with Crippen molar-refractivity contribution in [2.24, 2.45) is 11.8 Å². The van der Waals surface area contributed by atoms with Crippen LogP contribution < -0.4 is 5.32 Å². The molecule has 1 aromatic heterocycles. The number of carbonyl (C=O) groups excluding carboxylic acids is 2. The fourth-order valence-corrected chi connectivity index (χ4v) is 4.47. The molecule has 1 aliphatic heterocycles. The third kappa shape index (κ3) is 5.06. The van der Waals surface area contributed by atoms with Gasteiger partial charge in [0.25, 0.3) is 0 Å². The zero-order valence-corrected chi connectivity index (χ0v) is 16.4. The number of ether oxygens (including phenoxy) is 1. The summed E-state index contributed by atoms with van der Waals surface area (Å²) in [4.78, 5) is 31.0. The Hall–Kier alpha value is -1.95. The molecule has 3 rings (SSSR count). The second-order valence-electron chi connectivity index (χ2n) is 7.80. The molecule has 1 N–H and O–H groups in total. The van der Waals surface area contributed by atoms with E-state index in [0.717, 1.165) is 57.3 Å². The highest BCUT2D eigenvalue weighted by Gasteiger charge is 2.34. The molecule has 0 bridgehead atoms. The van der Waals surface area contributed by atoms with Crippen LogP contribution in [0.2, 0.25) is 0 Å². The van der Waals surface area contributed by atoms with Crippen LogP contribution >= 0.6 is 0 Å². The third-order valence-electron chi connectivity index (χ3n) is 6.04. The minimum Gasteiger partial charge on any atom is -0.381 e. The summed E-state index contributed by atoms with van der Waals surface area (Å²) in [5.74, 6) is 0.711. The monoisotopic (exact) mass is 373 g/mol. The van der Waals surface area contributed by atoms with E-state index in [1.54, 1.807) is 20.2 Å². The Morgan fingerprint density at radius 3 is 2.41 bits per heavy atom. The van der Waals surface area contributed by atoms with Crippen LogP contribution in [0, 0.1) is 11.8 Å². The second kappa shape index (κ2) is 9.31. The van der Waals surface area contributed by atoms with Crippen LogP contribution in [0.1, 0.15) is 57.2 Å². The number of methoxy groups -OCH3 is 1. The molecule has 0 radical (unpaired) electrons. The van der Waals surface area contributed by atoms with Gasteiger partial charge < -0.3 is 15.0 Å². The first-order valence-electron chi connectivity index (χ1n) is 10.1. The lowest BCUT2D eigenvalue weighted by atomic mass is 9.84. The van der Waals surface area contributed by atoms with E-state index in [0.29, 0.717) is 17.9 Å². The average molecular weight is 373 g/mol. The maximum absolute atomic E-state index is 12.9. The van der Waals surface area contributed by atoms with Crippen LogP contribution in [0.3, 0.4) is 0 Å². The van der Waals surface area contributed by atoms with Crippen molar-refractivity contribution in [3.63, 3.8) is 0 Å². The first-order chi connectivity index (χ1) is 13.1. The quantitative estimate of drug-likeness (QED) is 0.861. The summed E-state index contributed by atoms with van der Waals surface area (Å²) in [6.45, 7) is 3.07. The van der Waals surface area contributed by atoms with Crippen LogP contribution in [0.5, 0.6) is 0 Å². The Morgan fingerprint density at radius 2 is 1.85 bits per heavy atom. The van der Waals surface area contributed by atoms with Gasteiger partial charge in [-0.2, -0.15) is 0 Å². The van der Waals surface area contributed by atoms with Crippen LogP contribution in [-0.4, -0.2) is 48.0 Å². The van der Waals surface area contributed by atoms with Crippen molar-refractivity contribution in [3.8, 4) is 0 Å². The highest BCUT2D eigenvalue weighted by molar-refractivity contribution is 5.79. The summed E-state index contributed by atoms with van der Waals surface area (Å²) in [5, 5.41) is 3.07. The van der Waals surface area contributed by atoms with Gasteiger partial charge in [0.2, 0.25) is 11.8 Å². The van der Waals surface area contributed by atoms with Gasteiger partial charge in [0, 0.05) is 39.2 Å². The van der Waals surface area contributed by atoms with Gasteiger partial charge in [0.1, 0.15) is 0 Å². The first-order valence-corrected chi connectivity index (χ1v) is 10.1. The highest BCUT2D eigenvalue weighted by Crippen LogP contribution is 2.32. The van der Waals surface area contributed by atoms with Crippen LogP contribution in [0.25, 0.3) is 0 Å². The predicted molar refractivity (Wildman–Crippen MR) is 103 cm³/mol. The van der Waals surface area contributed by atoms with E-state index in [1.807, 2.05) is 23.1 Å². The van der Waals surface area contributed by atoms with Crippen LogP contribution in [0.4, 0.5) is 0 Å². The number of aromatic nitrogens is 1. The molecule has 6 heteroatoms. The predicted octanol–water partition coefficient (Wildman–Crippen LogP) is 2.70. The second-order valence-corrected chi connectivity index (χ2v) is 7.80. The molecule has 1 atom stereocenters. The molecule has 2 fully saturated rings. The van der Waals surface area contributed by atoms with E-state index in [9.17, 15) is 9.59 Å². The Morgan fingerprint density at radius 1 is 1.15 bits per heavy atom. The van der Waals surface area contributed by atoms with E-state index >= 15 is 0 Å². The topological polar surface area (TPSA) is 71.5 Å². The lowest BCUT2D eigenvalue weighted by Gasteiger charge is -2.38. The van der Waals surface area contributed by atoms with Crippen molar-refractivity contribution in [2.45, 2.75) is 57.6 Å². The van der Waals surface area contributed by atoms with E-state index in [4.69, 9.17) is 4.74 Å². The van der Waals surface area contributed by atoms with Gasteiger partial charge in [-0.3, -0.25) is 14.6 Å². The Balaban J connectivity index is 1.57. The van der Waals surface area contributed by atoms with Gasteiger partial charge in [-0.1, -0.05) is 6.07 Å². The Labute approximate surface area is 161 Å². The Kier molecular flexibility index (Phi) is 6.83. The van der Waals surface area contributed by atoms with Crippen molar-refractivity contribution in [3.05, 3.63) is 30.1 Å². The van der Waals surface area contributed by atoms with E-state index in [1.165, 1.54) is 0 Å². The number of carbonyl (C=O) groups is 2. The molecule has 27 heavy (non-hydrogen) atoms. The van der Waals surface area contributed by atoms with Gasteiger partial charge in [-0.15, -0.1) is 0 Å². The summed E-state index contributed by atoms with van der Waals surface area (Å²) in [6, 6.07) is 5.71. The molecule has 1 saturated heterocycles. The minimum atomic E-state index is -0.0851. The first kappa shape index (κ1) is 19.8. The van der Waals surface area contributed by atoms with Crippen LogP contribution in [-0.2, 0) is 14.3 Å². The SMILES string of the molecule is COC1CCC(C(=O)N2CCC(C(NC(C)=O)c3ccccn3)CC2)CC1. The molecule has 2 aliphatic rings. The number of pyridine rings is 1. The van der Waals surface area contributed by atoms with Gasteiger partial charge in [-0.25, -0.2) is 0 Å².